The maximum absolute atomic E-state index is 11.6. The summed E-state index contributed by atoms with van der Waals surface area (Å²) in [6.45, 7) is 8.16. The van der Waals surface area contributed by atoms with Gasteiger partial charge in [0.05, 0.1) is 12.5 Å². The van der Waals surface area contributed by atoms with Gasteiger partial charge in [-0.25, -0.2) is 0 Å². The molecule has 0 radical (unpaired) electrons. The van der Waals surface area contributed by atoms with Crippen molar-refractivity contribution in [2.24, 2.45) is 5.92 Å². The molecular formula is C16H30O2. The Hall–Kier alpha value is -0.790. The minimum atomic E-state index is -0.00835. The van der Waals surface area contributed by atoms with Crippen molar-refractivity contribution in [1.82, 2.24) is 0 Å². The lowest BCUT2D eigenvalue weighted by molar-refractivity contribution is -0.148. The Labute approximate surface area is 113 Å². The van der Waals surface area contributed by atoms with Crippen LogP contribution in [0.25, 0.3) is 0 Å². The predicted octanol–water partition coefficient (Wildman–Crippen LogP) is 4.88. The molecule has 1 atom stereocenters. The van der Waals surface area contributed by atoms with Gasteiger partial charge in [0.1, 0.15) is 0 Å². The number of rotatable bonds is 12. The molecule has 0 N–H and O–H groups in total. The fourth-order valence-electron chi connectivity index (χ4n) is 2.14. The highest BCUT2D eigenvalue weighted by atomic mass is 16.5. The van der Waals surface area contributed by atoms with Gasteiger partial charge >= 0.3 is 5.97 Å². The van der Waals surface area contributed by atoms with Crippen molar-refractivity contribution in [3.63, 3.8) is 0 Å². The summed E-state index contributed by atoms with van der Waals surface area (Å²) in [7, 11) is 0. The number of carbonyl (C=O) groups is 1. The first-order valence-corrected chi connectivity index (χ1v) is 7.53. The Morgan fingerprint density at radius 1 is 1.11 bits per heavy atom. The molecule has 18 heavy (non-hydrogen) atoms. The van der Waals surface area contributed by atoms with Gasteiger partial charge in [-0.05, 0) is 32.6 Å². The zero-order chi connectivity index (χ0) is 13.6. The molecule has 0 amide bonds. The van der Waals surface area contributed by atoms with Crippen molar-refractivity contribution < 1.29 is 9.53 Å². The quantitative estimate of drug-likeness (QED) is 0.282. The smallest absolute Gasteiger partial charge is 0.308 e. The number of carbonyl (C=O) groups excluding carboxylic acids is 1. The highest BCUT2D eigenvalue weighted by Gasteiger charge is 2.16. The van der Waals surface area contributed by atoms with Crippen LogP contribution in [0.2, 0.25) is 0 Å². The van der Waals surface area contributed by atoms with E-state index >= 15 is 0 Å². The minimum absolute atomic E-state index is 0.00835. The van der Waals surface area contributed by atoms with E-state index in [1.807, 2.05) is 13.0 Å². The summed E-state index contributed by atoms with van der Waals surface area (Å²) in [5.74, 6) is 0.108. The van der Waals surface area contributed by atoms with E-state index in [9.17, 15) is 4.79 Å². The highest BCUT2D eigenvalue weighted by molar-refractivity contribution is 5.72. The van der Waals surface area contributed by atoms with E-state index < -0.39 is 0 Å². The Bertz CT molecular complexity index is 211. The fourth-order valence-corrected chi connectivity index (χ4v) is 2.14. The second-order valence-corrected chi connectivity index (χ2v) is 4.84. The Morgan fingerprint density at radius 3 is 2.28 bits per heavy atom. The van der Waals surface area contributed by atoms with E-state index in [4.69, 9.17) is 4.74 Å². The zero-order valence-corrected chi connectivity index (χ0v) is 12.2. The lowest BCUT2D eigenvalue weighted by atomic mass is 9.98. The maximum atomic E-state index is 11.6. The summed E-state index contributed by atoms with van der Waals surface area (Å²) in [6.07, 6.45) is 12.6. The van der Waals surface area contributed by atoms with Gasteiger partial charge in [-0.2, -0.15) is 0 Å². The Balaban J connectivity index is 3.45. The second-order valence-electron chi connectivity index (χ2n) is 4.84. The van der Waals surface area contributed by atoms with Crippen molar-refractivity contribution in [2.75, 3.05) is 6.61 Å². The van der Waals surface area contributed by atoms with Crippen LogP contribution in [0, 0.1) is 5.92 Å². The summed E-state index contributed by atoms with van der Waals surface area (Å²) < 4.78 is 5.07. The third-order valence-electron chi connectivity index (χ3n) is 3.32. The first-order chi connectivity index (χ1) is 8.76. The van der Waals surface area contributed by atoms with Crippen LogP contribution in [-0.2, 0) is 9.53 Å². The third-order valence-corrected chi connectivity index (χ3v) is 3.32. The molecule has 0 rings (SSSR count). The molecule has 0 heterocycles. The van der Waals surface area contributed by atoms with E-state index in [2.05, 4.69) is 13.5 Å². The van der Waals surface area contributed by atoms with Gasteiger partial charge in [-0.1, -0.05) is 45.1 Å². The molecule has 0 aliphatic heterocycles. The molecule has 106 valence electrons. The SMILES string of the molecule is C=CCCCCCCCCC(CC)C(=O)OCC. The number of hydrogen-bond acceptors (Lipinski definition) is 2. The van der Waals surface area contributed by atoms with Crippen LogP contribution in [0.1, 0.15) is 71.6 Å². The Morgan fingerprint density at radius 2 is 1.72 bits per heavy atom. The van der Waals surface area contributed by atoms with Crippen LogP contribution >= 0.6 is 0 Å². The Kier molecular flexibility index (Phi) is 12.1. The normalized spacial score (nSPS) is 12.1. The molecular weight excluding hydrogens is 224 g/mol. The molecule has 0 aromatic carbocycles. The molecule has 0 saturated carbocycles. The van der Waals surface area contributed by atoms with Crippen molar-refractivity contribution in [2.45, 2.75) is 71.6 Å². The fraction of sp³-hybridized carbons (Fsp3) is 0.812. The monoisotopic (exact) mass is 254 g/mol. The average molecular weight is 254 g/mol. The predicted molar refractivity (Wildman–Crippen MR) is 77.5 cm³/mol. The lowest BCUT2D eigenvalue weighted by Gasteiger charge is -2.12. The van der Waals surface area contributed by atoms with Crippen molar-refractivity contribution in [1.29, 1.82) is 0 Å². The molecule has 0 fully saturated rings. The van der Waals surface area contributed by atoms with E-state index in [0.717, 1.165) is 25.7 Å². The number of ether oxygens (including phenoxy) is 1. The second kappa shape index (κ2) is 12.7. The van der Waals surface area contributed by atoms with E-state index in [1.54, 1.807) is 0 Å². The first kappa shape index (κ1) is 17.2. The van der Waals surface area contributed by atoms with Crippen LogP contribution in [-0.4, -0.2) is 12.6 Å². The van der Waals surface area contributed by atoms with Gasteiger partial charge in [0.25, 0.3) is 0 Å². The van der Waals surface area contributed by atoms with Crippen LogP contribution in [0.4, 0.5) is 0 Å². The highest BCUT2D eigenvalue weighted by Crippen LogP contribution is 2.16. The molecule has 0 aliphatic carbocycles. The standard InChI is InChI=1S/C16H30O2/c1-4-7-8-9-10-11-12-13-14-15(5-2)16(17)18-6-3/h4,15H,1,5-14H2,2-3H3. The molecule has 0 aliphatic rings. The van der Waals surface area contributed by atoms with E-state index in [-0.39, 0.29) is 11.9 Å². The van der Waals surface area contributed by atoms with Gasteiger partial charge in [-0.3, -0.25) is 4.79 Å². The number of hydrogen-bond donors (Lipinski definition) is 0. The van der Waals surface area contributed by atoms with Crippen LogP contribution < -0.4 is 0 Å². The summed E-state index contributed by atoms with van der Waals surface area (Å²) in [5.41, 5.74) is 0. The van der Waals surface area contributed by atoms with Crippen LogP contribution in [0.15, 0.2) is 12.7 Å². The largest absolute Gasteiger partial charge is 0.466 e. The summed E-state index contributed by atoms with van der Waals surface area (Å²) in [5, 5.41) is 0. The molecule has 0 bridgehead atoms. The van der Waals surface area contributed by atoms with Gasteiger partial charge < -0.3 is 4.74 Å². The zero-order valence-electron chi connectivity index (χ0n) is 12.2. The lowest BCUT2D eigenvalue weighted by Crippen LogP contribution is -2.16. The topological polar surface area (TPSA) is 26.3 Å². The van der Waals surface area contributed by atoms with E-state index in [1.165, 1.54) is 32.1 Å². The van der Waals surface area contributed by atoms with E-state index in [0.29, 0.717) is 6.61 Å². The minimum Gasteiger partial charge on any atom is -0.466 e. The van der Waals surface area contributed by atoms with Crippen molar-refractivity contribution >= 4 is 5.97 Å². The molecule has 2 nitrogen and oxygen atoms in total. The summed E-state index contributed by atoms with van der Waals surface area (Å²) >= 11 is 0. The van der Waals surface area contributed by atoms with Crippen molar-refractivity contribution in [3.05, 3.63) is 12.7 Å². The molecule has 0 saturated heterocycles. The number of esters is 1. The maximum Gasteiger partial charge on any atom is 0.308 e. The van der Waals surface area contributed by atoms with Crippen molar-refractivity contribution in [3.8, 4) is 0 Å². The average Bonchev–Trinajstić information content (AvgIpc) is 2.37. The number of unbranched alkanes of at least 4 members (excludes halogenated alkanes) is 6. The molecule has 1 unspecified atom stereocenters. The summed E-state index contributed by atoms with van der Waals surface area (Å²) in [6, 6.07) is 0. The molecule has 2 heteroatoms. The molecule has 0 aromatic heterocycles. The van der Waals surface area contributed by atoms with Gasteiger partial charge in [0, 0.05) is 0 Å². The first-order valence-electron chi connectivity index (χ1n) is 7.53. The summed E-state index contributed by atoms with van der Waals surface area (Å²) in [4.78, 5) is 11.6. The van der Waals surface area contributed by atoms with Crippen LogP contribution in [0.5, 0.6) is 0 Å². The van der Waals surface area contributed by atoms with Gasteiger partial charge in [0.2, 0.25) is 0 Å². The third kappa shape index (κ3) is 9.26. The van der Waals surface area contributed by atoms with Gasteiger partial charge in [0.15, 0.2) is 0 Å². The number of allylic oxidation sites excluding steroid dienone is 1. The van der Waals surface area contributed by atoms with Gasteiger partial charge in [-0.15, -0.1) is 6.58 Å². The molecule has 0 spiro atoms. The molecule has 0 aromatic rings. The van der Waals surface area contributed by atoms with Crippen LogP contribution in [0.3, 0.4) is 0 Å².